The van der Waals surface area contributed by atoms with Gasteiger partial charge in [0.05, 0.1) is 16.4 Å². The summed E-state index contributed by atoms with van der Waals surface area (Å²) in [4.78, 5) is 16.4. The number of anilines is 1. The quantitative estimate of drug-likeness (QED) is 0.706. The van der Waals surface area contributed by atoms with Crippen LogP contribution in [0.25, 0.3) is 0 Å². The van der Waals surface area contributed by atoms with E-state index < -0.39 is 0 Å². The first-order chi connectivity index (χ1) is 9.54. The fourth-order valence-corrected chi connectivity index (χ4v) is 2.70. The molecule has 3 rings (SSSR count). The second-order valence-corrected chi connectivity index (χ2v) is 6.38. The summed E-state index contributed by atoms with van der Waals surface area (Å²) < 4.78 is 1.69. The maximum atomic E-state index is 12.0. The normalized spacial score (nSPS) is 15.3. The molecule has 1 aliphatic rings. The molecule has 1 amide bonds. The predicted molar refractivity (Wildman–Crippen MR) is 88.1 cm³/mol. The number of aliphatic imine (C=N–C) groups is 1. The van der Waals surface area contributed by atoms with Crippen LogP contribution in [0.1, 0.15) is 5.56 Å². The zero-order valence-corrected chi connectivity index (χ0v) is 13.9. The number of carbonyl (C=O) groups is 1. The molecule has 0 saturated heterocycles. The zero-order chi connectivity index (χ0) is 14.3. The number of fused-ring (bicyclic) bond motifs is 1. The van der Waals surface area contributed by atoms with E-state index in [-0.39, 0.29) is 5.91 Å². The van der Waals surface area contributed by atoms with Crippen LogP contribution in [-0.4, -0.2) is 11.6 Å². The van der Waals surface area contributed by atoms with E-state index in [1.54, 1.807) is 18.2 Å². The van der Waals surface area contributed by atoms with Crippen LogP contribution in [0, 0.1) is 0 Å². The molecule has 0 aliphatic carbocycles. The van der Waals surface area contributed by atoms with Crippen LogP contribution in [-0.2, 0) is 4.79 Å². The first-order valence-electron chi connectivity index (χ1n) is 5.69. The number of rotatable bonds is 1. The molecule has 100 valence electrons. The molecule has 0 aromatic heterocycles. The van der Waals surface area contributed by atoms with Crippen LogP contribution < -0.4 is 5.32 Å². The van der Waals surface area contributed by atoms with E-state index in [4.69, 9.17) is 11.6 Å². The zero-order valence-electron chi connectivity index (χ0n) is 9.95. The molecule has 0 radical (unpaired) electrons. The SMILES string of the molecule is O=C1Nc2ccc(Br)cc2C1=Nc1ccc(Br)c(Cl)c1. The largest absolute Gasteiger partial charge is 0.320 e. The number of carbonyl (C=O) groups excluding carboxylic acids is 1. The molecular weight excluding hydrogens is 407 g/mol. The number of nitrogens with zero attached hydrogens (tertiary/aromatic N) is 1. The predicted octanol–water partition coefficient (Wildman–Crippen LogP) is 4.94. The minimum Gasteiger partial charge on any atom is -0.320 e. The molecule has 6 heteroatoms. The Morgan fingerprint density at radius 1 is 1.10 bits per heavy atom. The Kier molecular flexibility index (Phi) is 3.67. The Hall–Kier alpha value is -1.17. The molecule has 3 nitrogen and oxygen atoms in total. The lowest BCUT2D eigenvalue weighted by atomic mass is 10.1. The van der Waals surface area contributed by atoms with Crippen LogP contribution >= 0.6 is 43.5 Å². The maximum Gasteiger partial charge on any atom is 0.275 e. The van der Waals surface area contributed by atoms with Crippen molar-refractivity contribution in [3.63, 3.8) is 0 Å². The van der Waals surface area contributed by atoms with E-state index >= 15 is 0 Å². The van der Waals surface area contributed by atoms with Crippen LogP contribution in [0.2, 0.25) is 5.02 Å². The number of halogens is 3. The van der Waals surface area contributed by atoms with Crippen molar-refractivity contribution < 1.29 is 4.79 Å². The minimum absolute atomic E-state index is 0.211. The Labute approximate surface area is 137 Å². The van der Waals surface area contributed by atoms with E-state index in [1.807, 2.05) is 18.2 Å². The number of hydrogen-bond acceptors (Lipinski definition) is 2. The molecule has 0 atom stereocenters. The Balaban J connectivity index is 2.10. The molecule has 0 fully saturated rings. The Morgan fingerprint density at radius 3 is 2.65 bits per heavy atom. The molecule has 2 aromatic rings. The summed E-state index contributed by atoms with van der Waals surface area (Å²) in [6, 6.07) is 10.9. The molecular formula is C14H7Br2ClN2O. The summed E-state index contributed by atoms with van der Waals surface area (Å²) >= 11 is 12.8. The second kappa shape index (κ2) is 5.31. The van der Waals surface area contributed by atoms with Gasteiger partial charge in [0.1, 0.15) is 5.71 Å². The van der Waals surface area contributed by atoms with Gasteiger partial charge >= 0.3 is 0 Å². The fraction of sp³-hybridized carbons (Fsp3) is 0. The van der Waals surface area contributed by atoms with Crippen molar-refractivity contribution in [2.75, 3.05) is 5.32 Å². The van der Waals surface area contributed by atoms with Crippen LogP contribution in [0.4, 0.5) is 11.4 Å². The van der Waals surface area contributed by atoms with Gasteiger partial charge in [-0.3, -0.25) is 4.79 Å². The Morgan fingerprint density at radius 2 is 1.90 bits per heavy atom. The molecule has 2 aromatic carbocycles. The van der Waals surface area contributed by atoms with Gasteiger partial charge in [0.25, 0.3) is 5.91 Å². The summed E-state index contributed by atoms with van der Waals surface area (Å²) in [5.41, 5.74) is 2.57. The van der Waals surface area contributed by atoms with Crippen molar-refractivity contribution in [2.24, 2.45) is 4.99 Å². The van der Waals surface area contributed by atoms with Gasteiger partial charge in [-0.15, -0.1) is 0 Å². The minimum atomic E-state index is -0.211. The van der Waals surface area contributed by atoms with E-state index in [1.165, 1.54) is 0 Å². The van der Waals surface area contributed by atoms with Gasteiger partial charge in [0, 0.05) is 14.5 Å². The van der Waals surface area contributed by atoms with Crippen LogP contribution in [0.3, 0.4) is 0 Å². The van der Waals surface area contributed by atoms with Gasteiger partial charge in [-0.2, -0.15) is 0 Å². The third kappa shape index (κ3) is 2.53. The topological polar surface area (TPSA) is 41.5 Å². The highest BCUT2D eigenvalue weighted by atomic mass is 79.9. The average Bonchev–Trinajstić information content (AvgIpc) is 2.70. The van der Waals surface area contributed by atoms with E-state index in [9.17, 15) is 4.79 Å². The van der Waals surface area contributed by atoms with Gasteiger partial charge in [0.15, 0.2) is 0 Å². The van der Waals surface area contributed by atoms with Crippen LogP contribution in [0.5, 0.6) is 0 Å². The first-order valence-corrected chi connectivity index (χ1v) is 7.66. The summed E-state index contributed by atoms with van der Waals surface area (Å²) in [5, 5.41) is 3.34. The molecule has 20 heavy (non-hydrogen) atoms. The monoisotopic (exact) mass is 412 g/mol. The highest BCUT2D eigenvalue weighted by Crippen LogP contribution is 2.31. The lowest BCUT2D eigenvalue weighted by molar-refractivity contribution is -0.110. The van der Waals surface area contributed by atoms with E-state index in [0.29, 0.717) is 16.4 Å². The van der Waals surface area contributed by atoms with E-state index in [0.717, 1.165) is 20.2 Å². The molecule has 0 unspecified atom stereocenters. The first kappa shape index (κ1) is 13.8. The van der Waals surface area contributed by atoms with Crippen molar-refractivity contribution in [2.45, 2.75) is 0 Å². The number of nitrogens with one attached hydrogen (secondary N) is 1. The highest BCUT2D eigenvalue weighted by molar-refractivity contribution is 9.10. The summed E-state index contributed by atoms with van der Waals surface area (Å²) in [6.07, 6.45) is 0. The number of amides is 1. The second-order valence-electron chi connectivity index (χ2n) is 4.20. The maximum absolute atomic E-state index is 12.0. The van der Waals surface area contributed by atoms with Gasteiger partial charge < -0.3 is 5.32 Å². The van der Waals surface area contributed by atoms with Crippen molar-refractivity contribution in [3.8, 4) is 0 Å². The molecule has 0 saturated carbocycles. The van der Waals surface area contributed by atoms with Gasteiger partial charge in [-0.1, -0.05) is 27.5 Å². The summed E-state index contributed by atoms with van der Waals surface area (Å²) in [5.74, 6) is -0.211. The molecule has 0 bridgehead atoms. The van der Waals surface area contributed by atoms with Crippen LogP contribution in [0.15, 0.2) is 50.3 Å². The summed E-state index contributed by atoms with van der Waals surface area (Å²) in [6.45, 7) is 0. The molecule has 0 spiro atoms. The van der Waals surface area contributed by atoms with Crippen molar-refractivity contribution >= 4 is 66.5 Å². The third-order valence-corrected chi connectivity index (χ3v) is 4.57. The standard InChI is InChI=1S/C14H7Br2ClN2O/c15-7-1-4-12-9(5-7)13(14(20)19-12)18-8-2-3-10(16)11(17)6-8/h1-6H,(H,18,19,20). The van der Waals surface area contributed by atoms with Crippen molar-refractivity contribution in [1.29, 1.82) is 0 Å². The lowest BCUT2D eigenvalue weighted by Crippen LogP contribution is -2.13. The van der Waals surface area contributed by atoms with Crippen molar-refractivity contribution in [3.05, 3.63) is 55.9 Å². The van der Waals surface area contributed by atoms with E-state index in [2.05, 4.69) is 42.2 Å². The lowest BCUT2D eigenvalue weighted by Gasteiger charge is -2.01. The van der Waals surface area contributed by atoms with Gasteiger partial charge in [-0.05, 0) is 52.3 Å². The summed E-state index contributed by atoms with van der Waals surface area (Å²) in [7, 11) is 0. The van der Waals surface area contributed by atoms with Gasteiger partial charge in [0.2, 0.25) is 0 Å². The number of benzene rings is 2. The van der Waals surface area contributed by atoms with Gasteiger partial charge in [-0.25, -0.2) is 4.99 Å². The fourth-order valence-electron chi connectivity index (χ4n) is 1.92. The number of hydrogen-bond donors (Lipinski definition) is 1. The smallest absolute Gasteiger partial charge is 0.275 e. The average molecular weight is 414 g/mol. The molecule has 1 heterocycles. The highest BCUT2D eigenvalue weighted by Gasteiger charge is 2.26. The Bertz CT molecular complexity index is 759. The third-order valence-electron chi connectivity index (χ3n) is 2.84. The van der Waals surface area contributed by atoms with Crippen molar-refractivity contribution in [1.82, 2.24) is 0 Å². The molecule has 1 N–H and O–H groups in total. The molecule has 1 aliphatic heterocycles.